The van der Waals surface area contributed by atoms with Gasteiger partial charge in [-0.15, -0.1) is 0 Å². The highest BCUT2D eigenvalue weighted by atomic mass is 35.5. The van der Waals surface area contributed by atoms with Gasteiger partial charge in [-0.3, -0.25) is 0 Å². The molecule has 0 aliphatic rings. The standard InChI is InChI=1S/C14H17ClFNO/c1-4-9-10-5-6-11(15)13(16)14(10)18-12(9)7-17-8(2)3/h5-6,8,17H,4,7H2,1-3H3. The number of nitrogens with one attached hydrogen (secondary N) is 1. The summed E-state index contributed by atoms with van der Waals surface area (Å²) in [5.74, 6) is 0.321. The van der Waals surface area contributed by atoms with E-state index in [1.54, 1.807) is 6.07 Å². The molecule has 98 valence electrons. The van der Waals surface area contributed by atoms with Gasteiger partial charge in [0.05, 0.1) is 11.6 Å². The van der Waals surface area contributed by atoms with E-state index in [1.807, 2.05) is 13.0 Å². The minimum absolute atomic E-state index is 0.0993. The molecule has 2 rings (SSSR count). The first-order chi connectivity index (χ1) is 8.54. The van der Waals surface area contributed by atoms with E-state index in [0.717, 1.165) is 23.1 Å². The van der Waals surface area contributed by atoms with E-state index in [4.69, 9.17) is 16.0 Å². The topological polar surface area (TPSA) is 25.2 Å². The normalized spacial score (nSPS) is 11.7. The molecule has 2 aromatic rings. The summed E-state index contributed by atoms with van der Waals surface area (Å²) in [6, 6.07) is 3.76. The van der Waals surface area contributed by atoms with Gasteiger partial charge in [0.1, 0.15) is 5.76 Å². The Hall–Kier alpha value is -1.06. The molecule has 0 atom stereocenters. The molecule has 1 heterocycles. The van der Waals surface area contributed by atoms with Gasteiger partial charge in [-0.25, -0.2) is 4.39 Å². The molecule has 1 aromatic heterocycles. The van der Waals surface area contributed by atoms with Gasteiger partial charge in [-0.2, -0.15) is 0 Å². The summed E-state index contributed by atoms with van der Waals surface area (Å²) in [5, 5.41) is 4.20. The quantitative estimate of drug-likeness (QED) is 0.896. The third kappa shape index (κ3) is 2.38. The van der Waals surface area contributed by atoms with Gasteiger partial charge in [-0.05, 0) is 18.6 Å². The molecule has 1 aromatic carbocycles. The Balaban J connectivity index is 2.50. The zero-order chi connectivity index (χ0) is 13.3. The molecule has 0 spiro atoms. The monoisotopic (exact) mass is 269 g/mol. The molecule has 4 heteroatoms. The van der Waals surface area contributed by atoms with E-state index >= 15 is 0 Å². The van der Waals surface area contributed by atoms with Crippen molar-refractivity contribution in [3.05, 3.63) is 34.3 Å². The zero-order valence-corrected chi connectivity index (χ0v) is 11.6. The Morgan fingerprint density at radius 1 is 1.39 bits per heavy atom. The Morgan fingerprint density at radius 2 is 2.11 bits per heavy atom. The van der Waals surface area contributed by atoms with Crippen molar-refractivity contribution >= 4 is 22.6 Å². The lowest BCUT2D eigenvalue weighted by molar-refractivity contribution is 0.472. The van der Waals surface area contributed by atoms with E-state index in [2.05, 4.69) is 19.2 Å². The summed E-state index contributed by atoms with van der Waals surface area (Å²) in [7, 11) is 0. The fourth-order valence-electron chi connectivity index (χ4n) is 2.03. The minimum atomic E-state index is -0.473. The van der Waals surface area contributed by atoms with Crippen LogP contribution < -0.4 is 5.32 Å². The van der Waals surface area contributed by atoms with Crippen LogP contribution in [0.3, 0.4) is 0 Å². The van der Waals surface area contributed by atoms with Gasteiger partial charge in [0.25, 0.3) is 0 Å². The molecule has 0 saturated heterocycles. The van der Waals surface area contributed by atoms with Crippen molar-refractivity contribution in [1.82, 2.24) is 5.32 Å². The summed E-state index contributed by atoms with van der Waals surface area (Å²) in [6.07, 6.45) is 0.809. The fourth-order valence-corrected chi connectivity index (χ4v) is 2.18. The molecule has 0 fully saturated rings. The number of benzene rings is 1. The summed E-state index contributed by atoms with van der Waals surface area (Å²) in [6.45, 7) is 6.76. The summed E-state index contributed by atoms with van der Waals surface area (Å²) >= 11 is 5.77. The molecule has 1 N–H and O–H groups in total. The van der Waals surface area contributed by atoms with Gasteiger partial charge in [0, 0.05) is 17.0 Å². The minimum Gasteiger partial charge on any atom is -0.456 e. The maximum Gasteiger partial charge on any atom is 0.184 e. The second kappa shape index (κ2) is 5.29. The molecule has 0 bridgehead atoms. The van der Waals surface area contributed by atoms with Crippen LogP contribution in [0.15, 0.2) is 16.5 Å². The van der Waals surface area contributed by atoms with Gasteiger partial charge >= 0.3 is 0 Å². The van der Waals surface area contributed by atoms with Crippen molar-refractivity contribution in [1.29, 1.82) is 0 Å². The predicted octanol–water partition coefficient (Wildman–Crippen LogP) is 4.29. The lowest BCUT2D eigenvalue weighted by atomic mass is 10.1. The van der Waals surface area contributed by atoms with Crippen LogP contribution in [0.4, 0.5) is 4.39 Å². The number of furan rings is 1. The highest BCUT2D eigenvalue weighted by Gasteiger charge is 2.17. The maximum atomic E-state index is 13.9. The van der Waals surface area contributed by atoms with Gasteiger partial charge < -0.3 is 9.73 Å². The van der Waals surface area contributed by atoms with Gasteiger partial charge in [0.2, 0.25) is 0 Å². The summed E-state index contributed by atoms with van der Waals surface area (Å²) in [4.78, 5) is 0. The first kappa shape index (κ1) is 13.4. The molecule has 0 saturated carbocycles. The SMILES string of the molecule is CCc1c(CNC(C)C)oc2c(F)c(Cl)ccc12. The van der Waals surface area contributed by atoms with E-state index in [0.29, 0.717) is 12.6 Å². The van der Waals surface area contributed by atoms with E-state index in [1.165, 1.54) is 0 Å². The maximum absolute atomic E-state index is 13.9. The largest absolute Gasteiger partial charge is 0.456 e. The van der Waals surface area contributed by atoms with Gasteiger partial charge in [0.15, 0.2) is 11.4 Å². The molecule has 0 radical (unpaired) electrons. The fraction of sp³-hybridized carbons (Fsp3) is 0.429. The zero-order valence-electron chi connectivity index (χ0n) is 10.8. The first-order valence-corrected chi connectivity index (χ1v) is 6.54. The molecule has 0 amide bonds. The van der Waals surface area contributed by atoms with Crippen molar-refractivity contribution in [3.8, 4) is 0 Å². The Morgan fingerprint density at radius 3 is 2.72 bits per heavy atom. The number of fused-ring (bicyclic) bond motifs is 1. The highest BCUT2D eigenvalue weighted by molar-refractivity contribution is 6.31. The van der Waals surface area contributed by atoms with Crippen molar-refractivity contribution in [3.63, 3.8) is 0 Å². The molecular weight excluding hydrogens is 253 g/mol. The first-order valence-electron chi connectivity index (χ1n) is 6.16. The van der Waals surface area contributed by atoms with Crippen LogP contribution in [0, 0.1) is 5.82 Å². The van der Waals surface area contributed by atoms with E-state index in [9.17, 15) is 4.39 Å². The Bertz CT molecular complexity index is 562. The van der Waals surface area contributed by atoms with Crippen LogP contribution in [-0.4, -0.2) is 6.04 Å². The number of hydrogen-bond donors (Lipinski definition) is 1. The highest BCUT2D eigenvalue weighted by Crippen LogP contribution is 2.31. The predicted molar refractivity (Wildman–Crippen MR) is 72.5 cm³/mol. The average Bonchev–Trinajstić information content (AvgIpc) is 2.69. The second-order valence-electron chi connectivity index (χ2n) is 4.63. The third-order valence-electron chi connectivity index (χ3n) is 2.96. The van der Waals surface area contributed by atoms with Crippen LogP contribution in [0.5, 0.6) is 0 Å². The molecule has 0 aliphatic carbocycles. The van der Waals surface area contributed by atoms with Crippen LogP contribution in [0.2, 0.25) is 5.02 Å². The molecule has 18 heavy (non-hydrogen) atoms. The summed E-state index contributed by atoms with van der Waals surface area (Å²) < 4.78 is 19.5. The summed E-state index contributed by atoms with van der Waals surface area (Å²) in [5.41, 5.74) is 1.31. The average molecular weight is 270 g/mol. The van der Waals surface area contributed by atoms with Crippen LogP contribution in [0.1, 0.15) is 32.1 Å². The molecule has 0 unspecified atom stereocenters. The second-order valence-corrected chi connectivity index (χ2v) is 5.04. The Labute approximate surface area is 111 Å². The van der Waals surface area contributed by atoms with Gasteiger partial charge in [-0.1, -0.05) is 32.4 Å². The number of hydrogen-bond acceptors (Lipinski definition) is 2. The van der Waals surface area contributed by atoms with Crippen LogP contribution >= 0.6 is 11.6 Å². The third-order valence-corrected chi connectivity index (χ3v) is 3.25. The van der Waals surface area contributed by atoms with Crippen molar-refractivity contribution < 1.29 is 8.81 Å². The van der Waals surface area contributed by atoms with E-state index < -0.39 is 5.82 Å². The van der Waals surface area contributed by atoms with Crippen molar-refractivity contribution in [2.24, 2.45) is 0 Å². The number of halogens is 2. The van der Waals surface area contributed by atoms with Crippen molar-refractivity contribution in [2.45, 2.75) is 39.8 Å². The van der Waals surface area contributed by atoms with Crippen molar-refractivity contribution in [2.75, 3.05) is 0 Å². The smallest absolute Gasteiger partial charge is 0.184 e. The lowest BCUT2D eigenvalue weighted by Crippen LogP contribution is -2.22. The molecule has 0 aliphatic heterocycles. The number of rotatable bonds is 4. The number of aryl methyl sites for hydroxylation is 1. The van der Waals surface area contributed by atoms with Crippen LogP contribution in [-0.2, 0) is 13.0 Å². The molecular formula is C14H17ClFNO. The Kier molecular flexibility index (Phi) is 3.93. The van der Waals surface area contributed by atoms with E-state index in [-0.39, 0.29) is 10.6 Å². The lowest BCUT2D eigenvalue weighted by Gasteiger charge is -2.06. The molecule has 2 nitrogen and oxygen atoms in total. The van der Waals surface area contributed by atoms with Crippen LogP contribution in [0.25, 0.3) is 11.0 Å².